The van der Waals surface area contributed by atoms with Gasteiger partial charge in [0.2, 0.25) is 12.0 Å². The molecule has 0 saturated carbocycles. The molecule has 9 nitrogen and oxygen atoms in total. The summed E-state index contributed by atoms with van der Waals surface area (Å²) in [6.07, 6.45) is 0.976. The molecule has 33 heavy (non-hydrogen) atoms. The lowest BCUT2D eigenvalue weighted by Crippen LogP contribution is -2.55. The topological polar surface area (TPSA) is 89.8 Å². The minimum Gasteiger partial charge on any atom is -0.485 e. The van der Waals surface area contributed by atoms with Crippen LogP contribution in [0, 0.1) is 0 Å². The van der Waals surface area contributed by atoms with Crippen molar-refractivity contribution >= 4 is 23.6 Å². The SMILES string of the molecule is O=C(CSc1nncn1-c1ccccc1)N1CCN(C(=O)C2COc3ccccc3O2)CC1. The van der Waals surface area contributed by atoms with Crippen molar-refractivity contribution in [2.24, 2.45) is 0 Å². The quantitative estimate of drug-likeness (QED) is 0.532. The normalized spacial score (nSPS) is 17.6. The van der Waals surface area contributed by atoms with Crippen LogP contribution in [0.3, 0.4) is 0 Å². The van der Waals surface area contributed by atoms with Gasteiger partial charge in [-0.2, -0.15) is 0 Å². The van der Waals surface area contributed by atoms with E-state index in [9.17, 15) is 9.59 Å². The van der Waals surface area contributed by atoms with Crippen molar-refractivity contribution in [1.29, 1.82) is 0 Å². The van der Waals surface area contributed by atoms with Gasteiger partial charge in [-0.05, 0) is 24.3 Å². The second-order valence-electron chi connectivity index (χ2n) is 7.68. The predicted octanol–water partition coefficient (Wildman–Crippen LogP) is 1.87. The second-order valence-corrected chi connectivity index (χ2v) is 8.62. The van der Waals surface area contributed by atoms with E-state index in [1.807, 2.05) is 53.1 Å². The van der Waals surface area contributed by atoms with Crippen LogP contribution in [0.4, 0.5) is 0 Å². The Kier molecular flexibility index (Phi) is 6.16. The van der Waals surface area contributed by atoms with E-state index in [1.165, 1.54) is 11.8 Å². The molecule has 170 valence electrons. The van der Waals surface area contributed by atoms with Crippen LogP contribution in [0.5, 0.6) is 11.5 Å². The van der Waals surface area contributed by atoms with Crippen LogP contribution in [-0.2, 0) is 9.59 Å². The van der Waals surface area contributed by atoms with E-state index in [2.05, 4.69) is 10.2 Å². The molecule has 1 atom stereocenters. The first-order chi connectivity index (χ1) is 16.2. The summed E-state index contributed by atoms with van der Waals surface area (Å²) in [5.74, 6) is 1.40. The van der Waals surface area contributed by atoms with E-state index in [1.54, 1.807) is 22.2 Å². The number of fused-ring (bicyclic) bond motifs is 1. The molecule has 0 radical (unpaired) electrons. The number of nitrogens with zero attached hydrogens (tertiary/aromatic N) is 5. The molecule has 1 fully saturated rings. The van der Waals surface area contributed by atoms with E-state index >= 15 is 0 Å². The van der Waals surface area contributed by atoms with Crippen LogP contribution in [-0.4, -0.2) is 81.0 Å². The van der Waals surface area contributed by atoms with Gasteiger partial charge in [0, 0.05) is 31.9 Å². The Balaban J connectivity index is 1.12. The zero-order chi connectivity index (χ0) is 22.6. The van der Waals surface area contributed by atoms with E-state index in [0.717, 1.165) is 5.69 Å². The lowest BCUT2D eigenvalue weighted by atomic mass is 10.2. The summed E-state index contributed by atoms with van der Waals surface area (Å²) in [5.41, 5.74) is 0.945. The zero-order valence-electron chi connectivity index (χ0n) is 17.9. The summed E-state index contributed by atoms with van der Waals surface area (Å²) in [7, 11) is 0. The third-order valence-corrected chi connectivity index (χ3v) is 6.53. The molecule has 2 aliphatic heterocycles. The number of carbonyl (C=O) groups is 2. The molecule has 1 unspecified atom stereocenters. The number of thioether (sulfide) groups is 1. The number of aromatic nitrogens is 3. The number of hydrogen-bond acceptors (Lipinski definition) is 7. The summed E-state index contributed by atoms with van der Waals surface area (Å²) < 4.78 is 13.4. The molecule has 2 aromatic carbocycles. The van der Waals surface area contributed by atoms with Crippen molar-refractivity contribution in [3.8, 4) is 17.2 Å². The highest BCUT2D eigenvalue weighted by atomic mass is 32.2. The molecular formula is C23H23N5O4S. The molecule has 0 N–H and O–H groups in total. The first-order valence-electron chi connectivity index (χ1n) is 10.7. The lowest BCUT2D eigenvalue weighted by molar-refractivity contribution is -0.145. The fourth-order valence-corrected chi connectivity index (χ4v) is 4.66. The summed E-state index contributed by atoms with van der Waals surface area (Å²) in [6, 6.07) is 17.1. The number of carbonyl (C=O) groups excluding carboxylic acids is 2. The third-order valence-electron chi connectivity index (χ3n) is 5.60. The molecule has 2 aliphatic rings. The Morgan fingerprint density at radius 3 is 2.42 bits per heavy atom. The van der Waals surface area contributed by atoms with Crippen LogP contribution in [0.25, 0.3) is 5.69 Å². The minimum atomic E-state index is -0.665. The van der Waals surface area contributed by atoms with E-state index < -0.39 is 6.10 Å². The smallest absolute Gasteiger partial charge is 0.267 e. The van der Waals surface area contributed by atoms with Gasteiger partial charge in [0.1, 0.15) is 12.9 Å². The Labute approximate surface area is 195 Å². The summed E-state index contributed by atoms with van der Waals surface area (Å²) in [5, 5.41) is 8.78. The molecular weight excluding hydrogens is 442 g/mol. The highest BCUT2D eigenvalue weighted by Gasteiger charge is 2.33. The first-order valence-corrected chi connectivity index (χ1v) is 11.7. The van der Waals surface area contributed by atoms with Gasteiger partial charge in [0.25, 0.3) is 5.91 Å². The summed E-state index contributed by atoms with van der Waals surface area (Å²) in [4.78, 5) is 29.2. The van der Waals surface area contributed by atoms with Crippen molar-refractivity contribution in [1.82, 2.24) is 24.6 Å². The van der Waals surface area contributed by atoms with Crippen LogP contribution in [0.1, 0.15) is 0 Å². The number of ether oxygens (including phenoxy) is 2. The van der Waals surface area contributed by atoms with E-state index in [4.69, 9.17) is 9.47 Å². The molecule has 10 heteroatoms. The Morgan fingerprint density at radius 1 is 0.939 bits per heavy atom. The third kappa shape index (κ3) is 4.65. The highest BCUT2D eigenvalue weighted by Crippen LogP contribution is 2.31. The fraction of sp³-hybridized carbons (Fsp3) is 0.304. The van der Waals surface area contributed by atoms with Gasteiger partial charge >= 0.3 is 0 Å². The zero-order valence-corrected chi connectivity index (χ0v) is 18.7. The number of rotatable bonds is 5. The molecule has 3 heterocycles. The molecule has 0 bridgehead atoms. The van der Waals surface area contributed by atoms with E-state index in [0.29, 0.717) is 42.8 Å². The summed E-state index contributed by atoms with van der Waals surface area (Å²) in [6.45, 7) is 2.10. The van der Waals surface area contributed by atoms with Crippen LogP contribution < -0.4 is 9.47 Å². The molecule has 3 aromatic rings. The minimum absolute atomic E-state index is 0.0147. The lowest BCUT2D eigenvalue weighted by Gasteiger charge is -2.37. The highest BCUT2D eigenvalue weighted by molar-refractivity contribution is 7.99. The second kappa shape index (κ2) is 9.53. The Morgan fingerprint density at radius 2 is 1.64 bits per heavy atom. The fourth-order valence-electron chi connectivity index (χ4n) is 3.83. The van der Waals surface area contributed by atoms with Gasteiger partial charge in [-0.25, -0.2) is 0 Å². The molecule has 1 aromatic heterocycles. The number of para-hydroxylation sites is 3. The van der Waals surface area contributed by atoms with Crippen LogP contribution >= 0.6 is 11.8 Å². The van der Waals surface area contributed by atoms with Gasteiger partial charge in [-0.1, -0.05) is 42.1 Å². The summed E-state index contributed by atoms with van der Waals surface area (Å²) >= 11 is 1.35. The van der Waals surface area contributed by atoms with Crippen molar-refractivity contribution < 1.29 is 19.1 Å². The van der Waals surface area contributed by atoms with Crippen molar-refractivity contribution in [3.05, 3.63) is 60.9 Å². The number of benzene rings is 2. The van der Waals surface area contributed by atoms with Crippen LogP contribution in [0.15, 0.2) is 66.1 Å². The van der Waals surface area contributed by atoms with Crippen molar-refractivity contribution in [2.45, 2.75) is 11.3 Å². The van der Waals surface area contributed by atoms with Gasteiger partial charge in [0.15, 0.2) is 16.7 Å². The Bertz CT molecular complexity index is 1130. The maximum atomic E-state index is 12.9. The Hall–Kier alpha value is -3.53. The monoisotopic (exact) mass is 465 g/mol. The number of amides is 2. The maximum absolute atomic E-state index is 12.9. The van der Waals surface area contributed by atoms with Gasteiger partial charge < -0.3 is 19.3 Å². The van der Waals surface area contributed by atoms with Gasteiger partial charge in [-0.3, -0.25) is 14.2 Å². The molecule has 0 spiro atoms. The average Bonchev–Trinajstić information content (AvgIpc) is 3.36. The van der Waals surface area contributed by atoms with Crippen molar-refractivity contribution in [2.75, 3.05) is 38.5 Å². The van der Waals surface area contributed by atoms with Gasteiger partial charge in [-0.15, -0.1) is 10.2 Å². The largest absolute Gasteiger partial charge is 0.485 e. The number of piperazine rings is 1. The van der Waals surface area contributed by atoms with Gasteiger partial charge in [0.05, 0.1) is 5.75 Å². The molecule has 5 rings (SSSR count). The number of hydrogen-bond donors (Lipinski definition) is 0. The van der Waals surface area contributed by atoms with E-state index in [-0.39, 0.29) is 24.2 Å². The van der Waals surface area contributed by atoms with Crippen LogP contribution in [0.2, 0.25) is 0 Å². The maximum Gasteiger partial charge on any atom is 0.267 e. The predicted molar refractivity (Wildman–Crippen MR) is 122 cm³/mol. The first kappa shape index (κ1) is 21.3. The molecule has 1 saturated heterocycles. The molecule has 0 aliphatic carbocycles. The van der Waals surface area contributed by atoms with Crippen molar-refractivity contribution in [3.63, 3.8) is 0 Å². The molecule has 2 amide bonds. The standard InChI is InChI=1S/C23H23N5O4S/c29-21(15-33-23-25-24-16-28(23)17-6-2-1-3-7-17)26-10-12-27(13-11-26)22(30)20-14-31-18-8-4-5-9-19(18)32-20/h1-9,16,20H,10-15H2. The average molecular weight is 466 g/mol.